The predicted molar refractivity (Wildman–Crippen MR) is 61.4 cm³/mol. The quantitative estimate of drug-likeness (QED) is 0.640. The van der Waals surface area contributed by atoms with Crippen LogP contribution in [-0.2, 0) is 4.74 Å². The fourth-order valence-corrected chi connectivity index (χ4v) is 1.39. The van der Waals surface area contributed by atoms with Gasteiger partial charge in [-0.1, -0.05) is 0 Å². The maximum Gasteiger partial charge on any atom is 0.102 e. The van der Waals surface area contributed by atoms with Crippen LogP contribution in [0.1, 0.15) is 27.2 Å². The van der Waals surface area contributed by atoms with Crippen molar-refractivity contribution in [3.8, 4) is 6.07 Å². The molecule has 0 bridgehead atoms. The van der Waals surface area contributed by atoms with Gasteiger partial charge in [0.25, 0.3) is 0 Å². The predicted octanol–water partition coefficient (Wildman–Crippen LogP) is 0.974. The first-order valence-electron chi connectivity index (χ1n) is 5.41. The van der Waals surface area contributed by atoms with E-state index in [2.05, 4.69) is 17.9 Å². The lowest BCUT2D eigenvalue weighted by Gasteiger charge is -2.28. The number of ether oxygens (including phenoxy) is 1. The minimum absolute atomic E-state index is 0.292. The van der Waals surface area contributed by atoms with Crippen molar-refractivity contribution in [3.63, 3.8) is 0 Å². The fraction of sp³-hybridized carbons (Fsp3) is 0.909. The first-order valence-corrected chi connectivity index (χ1v) is 5.41. The molecule has 0 rings (SSSR count). The molecule has 0 aromatic rings. The van der Waals surface area contributed by atoms with E-state index in [0.29, 0.717) is 12.5 Å². The molecule has 2 atom stereocenters. The van der Waals surface area contributed by atoms with Gasteiger partial charge in [-0.2, -0.15) is 5.26 Å². The van der Waals surface area contributed by atoms with E-state index < -0.39 is 5.54 Å². The Morgan fingerprint density at radius 3 is 2.67 bits per heavy atom. The van der Waals surface area contributed by atoms with Gasteiger partial charge in [-0.05, 0) is 34.2 Å². The highest BCUT2D eigenvalue weighted by atomic mass is 16.5. The van der Waals surface area contributed by atoms with E-state index in [1.165, 1.54) is 0 Å². The van der Waals surface area contributed by atoms with Crippen molar-refractivity contribution in [2.24, 2.45) is 5.73 Å². The van der Waals surface area contributed by atoms with Gasteiger partial charge in [0.2, 0.25) is 0 Å². The Kier molecular flexibility index (Phi) is 6.50. The van der Waals surface area contributed by atoms with E-state index in [4.69, 9.17) is 15.7 Å². The van der Waals surface area contributed by atoms with E-state index in [1.807, 2.05) is 14.0 Å². The molecule has 0 aromatic heterocycles. The summed E-state index contributed by atoms with van der Waals surface area (Å²) in [5, 5.41) is 8.82. The Bertz CT molecular complexity index is 210. The molecule has 0 aliphatic carbocycles. The molecule has 4 nitrogen and oxygen atoms in total. The van der Waals surface area contributed by atoms with Crippen molar-refractivity contribution < 1.29 is 4.74 Å². The Balaban J connectivity index is 3.89. The summed E-state index contributed by atoms with van der Waals surface area (Å²) in [6.45, 7) is 8.17. The lowest BCUT2D eigenvalue weighted by atomic mass is 9.96. The number of nitrogens with two attached hydrogens (primary N) is 1. The molecular weight excluding hydrogens is 190 g/mol. The third-order valence-corrected chi connectivity index (χ3v) is 2.52. The summed E-state index contributed by atoms with van der Waals surface area (Å²) in [6, 6.07) is 2.41. The molecule has 2 unspecified atom stereocenters. The summed E-state index contributed by atoms with van der Waals surface area (Å²) in [6.07, 6.45) is 0.673. The van der Waals surface area contributed by atoms with Gasteiger partial charge >= 0.3 is 0 Å². The third-order valence-electron chi connectivity index (χ3n) is 2.52. The summed E-state index contributed by atoms with van der Waals surface area (Å²) in [5.74, 6) is 0. The molecule has 0 heterocycles. The number of hydrogen-bond donors (Lipinski definition) is 1. The largest absolute Gasteiger partial charge is 0.380 e. The molecule has 0 aliphatic rings. The van der Waals surface area contributed by atoms with Crippen molar-refractivity contribution in [2.75, 3.05) is 26.8 Å². The molecule has 0 fully saturated rings. The second kappa shape index (κ2) is 6.78. The van der Waals surface area contributed by atoms with E-state index in [0.717, 1.165) is 19.8 Å². The molecule has 15 heavy (non-hydrogen) atoms. The van der Waals surface area contributed by atoms with E-state index >= 15 is 0 Å². The summed E-state index contributed by atoms with van der Waals surface area (Å²) in [5.41, 5.74) is 5.05. The Labute approximate surface area is 93.0 Å². The lowest BCUT2D eigenvalue weighted by molar-refractivity contribution is 0.106. The number of hydrogen-bond acceptors (Lipinski definition) is 4. The highest BCUT2D eigenvalue weighted by Gasteiger charge is 2.22. The van der Waals surface area contributed by atoms with Crippen LogP contribution in [0.25, 0.3) is 0 Å². The third kappa shape index (κ3) is 6.45. The molecule has 88 valence electrons. The molecule has 0 radical (unpaired) electrons. The van der Waals surface area contributed by atoms with E-state index in [1.54, 1.807) is 6.92 Å². The highest BCUT2D eigenvalue weighted by molar-refractivity contribution is 5.02. The van der Waals surface area contributed by atoms with Crippen LogP contribution in [-0.4, -0.2) is 43.3 Å². The van der Waals surface area contributed by atoms with Gasteiger partial charge in [0, 0.05) is 19.2 Å². The molecular formula is C11H23N3O. The topological polar surface area (TPSA) is 62.3 Å². The monoisotopic (exact) mass is 213 g/mol. The van der Waals surface area contributed by atoms with Crippen LogP contribution in [0.2, 0.25) is 0 Å². The van der Waals surface area contributed by atoms with E-state index in [-0.39, 0.29) is 0 Å². The van der Waals surface area contributed by atoms with Crippen LogP contribution in [0.15, 0.2) is 0 Å². The number of nitrogens with zero attached hydrogens (tertiary/aromatic N) is 2. The van der Waals surface area contributed by atoms with Gasteiger partial charge in [-0.25, -0.2) is 0 Å². The zero-order valence-electron chi connectivity index (χ0n) is 10.3. The summed E-state index contributed by atoms with van der Waals surface area (Å²) in [7, 11) is 2.02. The smallest absolute Gasteiger partial charge is 0.102 e. The van der Waals surface area contributed by atoms with Crippen LogP contribution in [0.5, 0.6) is 0 Å². The molecule has 0 aliphatic heterocycles. The van der Waals surface area contributed by atoms with Gasteiger partial charge in [0.05, 0.1) is 12.7 Å². The SMILES string of the molecule is CCOCCN(C)C(C)CC(C)(N)C#N. The number of rotatable bonds is 7. The Morgan fingerprint density at radius 2 is 2.20 bits per heavy atom. The summed E-state index contributed by atoms with van der Waals surface area (Å²) < 4.78 is 5.27. The number of nitriles is 1. The average molecular weight is 213 g/mol. The molecule has 4 heteroatoms. The van der Waals surface area contributed by atoms with Crippen molar-refractivity contribution in [2.45, 2.75) is 38.8 Å². The van der Waals surface area contributed by atoms with Crippen LogP contribution >= 0.6 is 0 Å². The maximum atomic E-state index is 8.82. The summed E-state index contributed by atoms with van der Waals surface area (Å²) in [4.78, 5) is 2.16. The minimum atomic E-state index is -0.737. The van der Waals surface area contributed by atoms with Crippen LogP contribution in [0, 0.1) is 11.3 Å². The van der Waals surface area contributed by atoms with Crippen LogP contribution in [0.4, 0.5) is 0 Å². The van der Waals surface area contributed by atoms with Crippen molar-refractivity contribution >= 4 is 0 Å². The fourth-order valence-electron chi connectivity index (χ4n) is 1.39. The first kappa shape index (κ1) is 14.4. The molecule has 0 saturated carbocycles. The first-order chi connectivity index (χ1) is 6.93. The van der Waals surface area contributed by atoms with Gasteiger partial charge < -0.3 is 15.4 Å². The van der Waals surface area contributed by atoms with Gasteiger partial charge in [-0.3, -0.25) is 0 Å². The molecule has 2 N–H and O–H groups in total. The zero-order valence-corrected chi connectivity index (χ0v) is 10.3. The average Bonchev–Trinajstić information content (AvgIpc) is 2.17. The minimum Gasteiger partial charge on any atom is -0.380 e. The highest BCUT2D eigenvalue weighted by Crippen LogP contribution is 2.11. The molecule has 0 aromatic carbocycles. The van der Waals surface area contributed by atoms with Crippen molar-refractivity contribution in [1.82, 2.24) is 4.90 Å². The zero-order chi connectivity index (χ0) is 11.9. The van der Waals surface area contributed by atoms with Gasteiger partial charge in [0.1, 0.15) is 5.54 Å². The molecule has 0 saturated heterocycles. The lowest BCUT2D eigenvalue weighted by Crippen LogP contribution is -2.43. The Morgan fingerprint density at radius 1 is 1.60 bits per heavy atom. The van der Waals surface area contributed by atoms with Gasteiger partial charge in [0.15, 0.2) is 0 Å². The van der Waals surface area contributed by atoms with Crippen LogP contribution in [0.3, 0.4) is 0 Å². The standard InChI is InChI=1S/C11H23N3O/c1-5-15-7-6-14(4)10(2)8-11(3,13)9-12/h10H,5-8,13H2,1-4H3. The van der Waals surface area contributed by atoms with Crippen molar-refractivity contribution in [1.29, 1.82) is 5.26 Å². The second-order valence-electron chi connectivity index (χ2n) is 4.26. The second-order valence-corrected chi connectivity index (χ2v) is 4.26. The van der Waals surface area contributed by atoms with E-state index in [9.17, 15) is 0 Å². The normalized spacial score (nSPS) is 17.1. The molecule has 0 amide bonds. The maximum absolute atomic E-state index is 8.82. The number of likely N-dealkylation sites (N-methyl/N-ethyl adjacent to an activating group) is 1. The molecule has 0 spiro atoms. The summed E-state index contributed by atoms with van der Waals surface area (Å²) >= 11 is 0. The van der Waals surface area contributed by atoms with Crippen molar-refractivity contribution in [3.05, 3.63) is 0 Å². The van der Waals surface area contributed by atoms with Crippen LogP contribution < -0.4 is 5.73 Å². The Hall–Kier alpha value is -0.630. The van der Waals surface area contributed by atoms with Gasteiger partial charge in [-0.15, -0.1) is 0 Å².